The van der Waals surface area contributed by atoms with E-state index in [-0.39, 0.29) is 5.92 Å². The van der Waals surface area contributed by atoms with Gasteiger partial charge in [-0.2, -0.15) is 5.10 Å². The average molecular weight is 275 g/mol. The minimum Gasteiger partial charge on any atom is -0.480 e. The van der Waals surface area contributed by atoms with Crippen molar-refractivity contribution in [2.45, 2.75) is 26.3 Å². The number of carboxylic acids is 1. The van der Waals surface area contributed by atoms with Crippen molar-refractivity contribution in [3.63, 3.8) is 0 Å². The minimum atomic E-state index is -1.08. The molecule has 0 radical (unpaired) electrons. The molecule has 1 N–H and O–H groups in total. The second-order valence-electron chi connectivity index (χ2n) is 3.42. The molecule has 0 spiro atoms. The van der Waals surface area contributed by atoms with Gasteiger partial charge in [0.05, 0.1) is 5.69 Å². The fraction of sp³-hybridized carbons (Fsp3) is 0.444. The molecule has 0 aliphatic carbocycles. The zero-order chi connectivity index (χ0) is 11.6. The van der Waals surface area contributed by atoms with Crippen molar-refractivity contribution >= 4 is 21.9 Å². The van der Waals surface area contributed by atoms with Crippen molar-refractivity contribution in [3.8, 4) is 0 Å². The summed E-state index contributed by atoms with van der Waals surface area (Å²) in [5, 5.41) is 12.6. The first kappa shape index (κ1) is 11.9. The zero-order valence-corrected chi connectivity index (χ0v) is 9.98. The Hall–Kier alpha value is -1.17. The van der Waals surface area contributed by atoms with Gasteiger partial charge < -0.3 is 5.11 Å². The lowest BCUT2D eigenvalue weighted by molar-refractivity contribution is -0.138. The van der Waals surface area contributed by atoms with Gasteiger partial charge in [-0.25, -0.2) is 4.68 Å². The van der Waals surface area contributed by atoms with Gasteiger partial charge >= 0.3 is 5.97 Å². The lowest BCUT2D eigenvalue weighted by Crippen LogP contribution is -2.27. The first-order chi connectivity index (χ1) is 6.91. The summed E-state index contributed by atoms with van der Waals surface area (Å²) >= 11 is 3.22. The van der Waals surface area contributed by atoms with Crippen molar-refractivity contribution in [2.24, 2.45) is 0 Å². The van der Waals surface area contributed by atoms with Crippen LogP contribution in [0.2, 0.25) is 0 Å². The third-order valence-electron chi connectivity index (χ3n) is 1.81. The van der Waals surface area contributed by atoms with Crippen LogP contribution in [0.4, 0.5) is 0 Å². The van der Waals surface area contributed by atoms with Gasteiger partial charge in [-0.3, -0.25) is 9.59 Å². The normalized spacial score (nSPS) is 10.7. The highest BCUT2D eigenvalue weighted by Crippen LogP contribution is 2.19. The van der Waals surface area contributed by atoms with Gasteiger partial charge in [0.2, 0.25) is 0 Å². The highest BCUT2D eigenvalue weighted by atomic mass is 79.9. The predicted molar refractivity (Wildman–Crippen MR) is 57.9 cm³/mol. The van der Waals surface area contributed by atoms with Crippen molar-refractivity contribution in [3.05, 3.63) is 26.6 Å². The SMILES string of the molecule is CC(C)c1nn(CC(=O)O)c(=O)cc1Br. The number of carboxylic acid groups (broad SMARTS) is 1. The highest BCUT2D eigenvalue weighted by Gasteiger charge is 2.11. The van der Waals surface area contributed by atoms with Gasteiger partial charge in [-0.05, 0) is 21.8 Å². The van der Waals surface area contributed by atoms with Crippen molar-refractivity contribution in [1.29, 1.82) is 0 Å². The first-order valence-corrected chi connectivity index (χ1v) is 5.20. The number of hydrogen-bond donors (Lipinski definition) is 1. The van der Waals surface area contributed by atoms with Gasteiger partial charge in [-0.1, -0.05) is 13.8 Å². The molecule has 0 amide bonds. The van der Waals surface area contributed by atoms with Gasteiger partial charge in [0, 0.05) is 10.5 Å². The summed E-state index contributed by atoms with van der Waals surface area (Å²) in [6.45, 7) is 3.43. The van der Waals surface area contributed by atoms with E-state index in [9.17, 15) is 9.59 Å². The third-order valence-corrected chi connectivity index (χ3v) is 2.44. The molecule has 82 valence electrons. The zero-order valence-electron chi connectivity index (χ0n) is 8.40. The third kappa shape index (κ3) is 2.89. The number of nitrogens with zero attached hydrogens (tertiary/aromatic N) is 2. The summed E-state index contributed by atoms with van der Waals surface area (Å²) in [6.07, 6.45) is 0. The Labute approximate surface area is 94.9 Å². The summed E-state index contributed by atoms with van der Waals surface area (Å²) in [5.74, 6) is -0.957. The van der Waals surface area contributed by atoms with E-state index in [4.69, 9.17) is 5.11 Å². The van der Waals surface area contributed by atoms with Crippen LogP contribution in [0.5, 0.6) is 0 Å². The fourth-order valence-corrected chi connectivity index (χ4v) is 1.85. The van der Waals surface area contributed by atoms with E-state index in [1.165, 1.54) is 6.07 Å². The van der Waals surface area contributed by atoms with Gasteiger partial charge in [0.25, 0.3) is 5.56 Å². The van der Waals surface area contributed by atoms with Crippen LogP contribution < -0.4 is 5.56 Å². The van der Waals surface area contributed by atoms with Crippen LogP contribution in [-0.4, -0.2) is 20.9 Å². The van der Waals surface area contributed by atoms with Crippen molar-refractivity contribution < 1.29 is 9.90 Å². The molecule has 5 nitrogen and oxygen atoms in total. The predicted octanol–water partition coefficient (Wildman–Crippen LogP) is 1.21. The fourth-order valence-electron chi connectivity index (χ4n) is 1.12. The van der Waals surface area contributed by atoms with E-state index in [1.807, 2.05) is 13.8 Å². The van der Waals surface area contributed by atoms with Crippen LogP contribution in [0, 0.1) is 0 Å². The summed E-state index contributed by atoms with van der Waals surface area (Å²) in [4.78, 5) is 21.8. The smallest absolute Gasteiger partial charge is 0.325 e. The molecule has 0 aliphatic rings. The second kappa shape index (κ2) is 4.57. The van der Waals surface area contributed by atoms with Crippen LogP contribution in [0.1, 0.15) is 25.5 Å². The van der Waals surface area contributed by atoms with Crippen LogP contribution in [0.3, 0.4) is 0 Å². The molecule has 0 bridgehead atoms. The Morgan fingerprint density at radius 1 is 1.67 bits per heavy atom. The van der Waals surface area contributed by atoms with Crippen molar-refractivity contribution in [1.82, 2.24) is 9.78 Å². The molecule has 1 heterocycles. The standard InChI is InChI=1S/C9H11BrN2O3/c1-5(2)9-6(10)3-7(13)12(11-9)4-8(14)15/h3,5H,4H2,1-2H3,(H,14,15). The molecule has 1 aromatic heterocycles. The number of aliphatic carboxylic acids is 1. The van der Waals surface area contributed by atoms with Crippen LogP contribution >= 0.6 is 15.9 Å². The lowest BCUT2D eigenvalue weighted by atomic mass is 10.1. The van der Waals surface area contributed by atoms with Crippen LogP contribution in [0.15, 0.2) is 15.3 Å². The average Bonchev–Trinajstić information content (AvgIpc) is 2.08. The molecule has 15 heavy (non-hydrogen) atoms. The highest BCUT2D eigenvalue weighted by molar-refractivity contribution is 9.10. The van der Waals surface area contributed by atoms with E-state index < -0.39 is 18.1 Å². The van der Waals surface area contributed by atoms with Crippen molar-refractivity contribution in [2.75, 3.05) is 0 Å². The molecule has 6 heteroatoms. The number of carbonyl (C=O) groups is 1. The number of halogens is 1. The van der Waals surface area contributed by atoms with Gasteiger partial charge in [-0.15, -0.1) is 0 Å². The quantitative estimate of drug-likeness (QED) is 0.900. The van der Waals surface area contributed by atoms with Gasteiger partial charge in [0.1, 0.15) is 6.54 Å². The summed E-state index contributed by atoms with van der Waals surface area (Å²) < 4.78 is 1.56. The molecule has 1 aromatic rings. The molecule has 0 aliphatic heterocycles. The van der Waals surface area contributed by atoms with E-state index in [1.54, 1.807) is 0 Å². The molecular formula is C9H11BrN2O3. The number of aromatic nitrogens is 2. The molecule has 0 unspecified atom stereocenters. The number of rotatable bonds is 3. The van der Waals surface area contributed by atoms with E-state index in [0.717, 1.165) is 4.68 Å². The second-order valence-corrected chi connectivity index (χ2v) is 4.28. The summed E-state index contributed by atoms with van der Waals surface area (Å²) in [7, 11) is 0. The molecule has 0 atom stereocenters. The Balaban J connectivity index is 3.23. The lowest BCUT2D eigenvalue weighted by Gasteiger charge is -2.09. The van der Waals surface area contributed by atoms with E-state index in [2.05, 4.69) is 21.0 Å². The Kier molecular flexibility index (Phi) is 3.62. The van der Waals surface area contributed by atoms with Gasteiger partial charge in [0.15, 0.2) is 0 Å². The number of hydrogen-bond acceptors (Lipinski definition) is 3. The minimum absolute atomic E-state index is 0.125. The summed E-state index contributed by atoms with van der Waals surface area (Å²) in [6, 6.07) is 1.34. The maximum atomic E-state index is 11.4. The monoisotopic (exact) mass is 274 g/mol. The largest absolute Gasteiger partial charge is 0.480 e. The molecule has 0 fully saturated rings. The maximum absolute atomic E-state index is 11.4. The maximum Gasteiger partial charge on any atom is 0.325 e. The Bertz CT molecular complexity index is 439. The molecule has 1 rings (SSSR count). The van der Waals surface area contributed by atoms with Crippen LogP contribution in [-0.2, 0) is 11.3 Å². The molecule has 0 aromatic carbocycles. The van der Waals surface area contributed by atoms with E-state index >= 15 is 0 Å². The molecular weight excluding hydrogens is 264 g/mol. The molecule has 0 saturated carbocycles. The van der Waals surface area contributed by atoms with E-state index in [0.29, 0.717) is 10.2 Å². The molecule has 0 saturated heterocycles. The summed E-state index contributed by atoms with van der Waals surface area (Å²) in [5.41, 5.74) is 0.254. The van der Waals surface area contributed by atoms with Crippen LogP contribution in [0.25, 0.3) is 0 Å². The topological polar surface area (TPSA) is 72.2 Å². The first-order valence-electron chi connectivity index (χ1n) is 4.41. The Morgan fingerprint density at radius 3 is 2.73 bits per heavy atom. The Morgan fingerprint density at radius 2 is 2.27 bits per heavy atom.